The van der Waals surface area contributed by atoms with E-state index < -0.39 is 0 Å². The summed E-state index contributed by atoms with van der Waals surface area (Å²) in [6.45, 7) is 8.20. The van der Waals surface area contributed by atoms with Crippen LogP contribution >= 0.6 is 0 Å². The number of carbonyl (C=O) groups is 1. The summed E-state index contributed by atoms with van der Waals surface area (Å²) in [6.07, 6.45) is 0.0339. The third-order valence-electron chi connectivity index (χ3n) is 4.93. The highest BCUT2D eigenvalue weighted by molar-refractivity contribution is 5.94. The normalized spacial score (nSPS) is 17.1. The standard InChI is InChI=1S/C23H30N4O2/c1-3-24-23(26-14-13-25-22(28)19-10-5-4-6-11-19)27-15-16-29-21(17-27)20-12-8-7-9-18(20)2/h4-12,21H,3,13-17H2,1-2H3,(H,24,26)(H,25,28). The average molecular weight is 395 g/mol. The van der Waals surface area contributed by atoms with E-state index in [1.807, 2.05) is 30.3 Å². The van der Waals surface area contributed by atoms with E-state index in [9.17, 15) is 4.79 Å². The van der Waals surface area contributed by atoms with E-state index in [0.717, 1.165) is 25.6 Å². The molecule has 2 aromatic carbocycles. The van der Waals surface area contributed by atoms with Gasteiger partial charge in [-0.1, -0.05) is 42.5 Å². The second kappa shape index (κ2) is 10.6. The Bertz CT molecular complexity index is 823. The first-order valence-electron chi connectivity index (χ1n) is 10.2. The second-order valence-electron chi connectivity index (χ2n) is 7.02. The lowest BCUT2D eigenvalue weighted by Crippen LogP contribution is -2.48. The Morgan fingerprint density at radius 1 is 1.14 bits per heavy atom. The summed E-state index contributed by atoms with van der Waals surface area (Å²) in [7, 11) is 0. The lowest BCUT2D eigenvalue weighted by atomic mass is 10.0. The van der Waals surface area contributed by atoms with Crippen LogP contribution in [0.25, 0.3) is 0 Å². The van der Waals surface area contributed by atoms with Crippen molar-refractivity contribution in [3.05, 3.63) is 71.3 Å². The topological polar surface area (TPSA) is 66.0 Å². The van der Waals surface area contributed by atoms with Gasteiger partial charge < -0.3 is 20.3 Å². The molecule has 1 amide bonds. The van der Waals surface area contributed by atoms with E-state index >= 15 is 0 Å². The van der Waals surface area contributed by atoms with Crippen LogP contribution in [0.2, 0.25) is 0 Å². The third-order valence-corrected chi connectivity index (χ3v) is 4.93. The number of nitrogens with zero attached hydrogens (tertiary/aromatic N) is 2. The Hall–Kier alpha value is -2.86. The Morgan fingerprint density at radius 2 is 1.90 bits per heavy atom. The van der Waals surface area contributed by atoms with Crippen LogP contribution in [0.1, 0.15) is 34.5 Å². The molecule has 0 bridgehead atoms. The molecule has 0 aliphatic carbocycles. The van der Waals surface area contributed by atoms with E-state index in [4.69, 9.17) is 9.73 Å². The van der Waals surface area contributed by atoms with Crippen molar-refractivity contribution >= 4 is 11.9 Å². The first kappa shape index (κ1) is 20.9. The predicted molar refractivity (Wildman–Crippen MR) is 116 cm³/mol. The van der Waals surface area contributed by atoms with E-state index in [2.05, 4.69) is 53.6 Å². The van der Waals surface area contributed by atoms with Crippen molar-refractivity contribution in [3.8, 4) is 0 Å². The molecule has 0 radical (unpaired) electrons. The summed E-state index contributed by atoms with van der Waals surface area (Å²) in [4.78, 5) is 19.1. The van der Waals surface area contributed by atoms with E-state index in [1.165, 1.54) is 11.1 Å². The maximum Gasteiger partial charge on any atom is 0.251 e. The minimum Gasteiger partial charge on any atom is -0.370 e. The van der Waals surface area contributed by atoms with Gasteiger partial charge in [0.15, 0.2) is 5.96 Å². The molecule has 1 heterocycles. The number of amides is 1. The molecule has 154 valence electrons. The number of aryl methyl sites for hydroxylation is 1. The van der Waals surface area contributed by atoms with E-state index in [0.29, 0.717) is 25.3 Å². The summed E-state index contributed by atoms with van der Waals surface area (Å²) in [5, 5.41) is 6.29. The Kier molecular flexibility index (Phi) is 7.64. The number of guanidine groups is 1. The maximum absolute atomic E-state index is 12.1. The number of hydrogen-bond donors (Lipinski definition) is 2. The van der Waals surface area contributed by atoms with Gasteiger partial charge in [0.1, 0.15) is 6.10 Å². The highest BCUT2D eigenvalue weighted by Gasteiger charge is 2.25. The Labute approximate surface area is 173 Å². The molecule has 1 fully saturated rings. The van der Waals surface area contributed by atoms with Crippen LogP contribution in [0.4, 0.5) is 0 Å². The van der Waals surface area contributed by atoms with Crippen LogP contribution in [-0.2, 0) is 4.74 Å². The SMILES string of the molecule is CCNC(=NCCNC(=O)c1ccccc1)N1CCOC(c2ccccc2C)C1. The number of nitrogens with one attached hydrogen (secondary N) is 2. The summed E-state index contributed by atoms with van der Waals surface area (Å²) < 4.78 is 6.03. The number of carbonyl (C=O) groups excluding carboxylic acids is 1. The van der Waals surface area contributed by atoms with Crippen molar-refractivity contribution in [1.82, 2.24) is 15.5 Å². The molecule has 3 rings (SSSR count). The number of benzene rings is 2. The average Bonchev–Trinajstić information content (AvgIpc) is 2.77. The molecular formula is C23H30N4O2. The van der Waals surface area contributed by atoms with Gasteiger partial charge in [0.2, 0.25) is 0 Å². The fourth-order valence-corrected chi connectivity index (χ4v) is 3.43. The Morgan fingerprint density at radius 3 is 2.66 bits per heavy atom. The highest BCUT2D eigenvalue weighted by atomic mass is 16.5. The zero-order valence-electron chi connectivity index (χ0n) is 17.2. The fourth-order valence-electron chi connectivity index (χ4n) is 3.43. The number of hydrogen-bond acceptors (Lipinski definition) is 3. The van der Waals surface area contributed by atoms with Gasteiger partial charge in [0, 0.05) is 25.2 Å². The van der Waals surface area contributed by atoms with Gasteiger partial charge in [-0.15, -0.1) is 0 Å². The summed E-state index contributed by atoms with van der Waals surface area (Å²) >= 11 is 0. The van der Waals surface area contributed by atoms with E-state index in [-0.39, 0.29) is 12.0 Å². The van der Waals surface area contributed by atoms with Gasteiger partial charge in [-0.2, -0.15) is 0 Å². The molecular weight excluding hydrogens is 364 g/mol. The van der Waals surface area contributed by atoms with Crippen molar-refractivity contribution in [2.75, 3.05) is 39.3 Å². The van der Waals surface area contributed by atoms with Gasteiger partial charge >= 0.3 is 0 Å². The zero-order chi connectivity index (χ0) is 20.5. The van der Waals surface area contributed by atoms with Crippen molar-refractivity contribution < 1.29 is 9.53 Å². The van der Waals surface area contributed by atoms with Crippen LogP contribution < -0.4 is 10.6 Å². The molecule has 6 nitrogen and oxygen atoms in total. The number of aliphatic imine (C=N–C) groups is 1. The maximum atomic E-state index is 12.1. The molecule has 1 aliphatic rings. The summed E-state index contributed by atoms with van der Waals surface area (Å²) in [5.74, 6) is 0.792. The van der Waals surface area contributed by atoms with Crippen LogP contribution in [0.3, 0.4) is 0 Å². The van der Waals surface area contributed by atoms with Crippen molar-refractivity contribution in [1.29, 1.82) is 0 Å². The number of rotatable bonds is 6. The summed E-state index contributed by atoms with van der Waals surface area (Å²) in [5.41, 5.74) is 3.13. The van der Waals surface area contributed by atoms with Gasteiger partial charge in [-0.25, -0.2) is 0 Å². The minimum absolute atomic E-state index is 0.0339. The smallest absolute Gasteiger partial charge is 0.251 e. The fraction of sp³-hybridized carbons (Fsp3) is 0.391. The number of morpholine rings is 1. The molecule has 1 saturated heterocycles. The molecule has 0 saturated carbocycles. The van der Waals surface area contributed by atoms with E-state index in [1.54, 1.807) is 0 Å². The molecule has 0 aromatic heterocycles. The van der Waals surface area contributed by atoms with Crippen molar-refractivity contribution in [2.45, 2.75) is 20.0 Å². The molecule has 1 aliphatic heterocycles. The molecule has 0 spiro atoms. The molecule has 1 atom stereocenters. The van der Waals surface area contributed by atoms with Crippen molar-refractivity contribution in [2.24, 2.45) is 4.99 Å². The van der Waals surface area contributed by atoms with Gasteiger partial charge in [-0.05, 0) is 37.1 Å². The van der Waals surface area contributed by atoms with Gasteiger partial charge in [0.25, 0.3) is 5.91 Å². The molecule has 2 aromatic rings. The highest BCUT2D eigenvalue weighted by Crippen LogP contribution is 2.24. The van der Waals surface area contributed by atoms with Gasteiger partial charge in [0.05, 0.1) is 19.7 Å². The van der Waals surface area contributed by atoms with Crippen LogP contribution in [-0.4, -0.2) is 56.1 Å². The monoisotopic (exact) mass is 394 g/mol. The third kappa shape index (κ3) is 5.81. The lowest BCUT2D eigenvalue weighted by Gasteiger charge is -2.35. The largest absolute Gasteiger partial charge is 0.370 e. The minimum atomic E-state index is -0.0724. The Balaban J connectivity index is 1.58. The van der Waals surface area contributed by atoms with Crippen molar-refractivity contribution in [3.63, 3.8) is 0 Å². The molecule has 6 heteroatoms. The second-order valence-corrected chi connectivity index (χ2v) is 7.02. The molecule has 1 unspecified atom stereocenters. The first-order chi connectivity index (χ1) is 14.2. The van der Waals surface area contributed by atoms with Crippen LogP contribution in [0.5, 0.6) is 0 Å². The van der Waals surface area contributed by atoms with Gasteiger partial charge in [-0.3, -0.25) is 9.79 Å². The number of ether oxygens (including phenoxy) is 1. The van der Waals surface area contributed by atoms with Crippen LogP contribution in [0.15, 0.2) is 59.6 Å². The quantitative estimate of drug-likeness (QED) is 0.449. The molecule has 29 heavy (non-hydrogen) atoms. The lowest BCUT2D eigenvalue weighted by molar-refractivity contribution is -0.00832. The first-order valence-corrected chi connectivity index (χ1v) is 10.2. The van der Waals surface area contributed by atoms with Crippen LogP contribution in [0, 0.1) is 6.92 Å². The predicted octanol–water partition coefficient (Wildman–Crippen LogP) is 2.76. The molecule has 2 N–H and O–H groups in total. The summed E-state index contributed by atoms with van der Waals surface area (Å²) in [6, 6.07) is 17.6. The zero-order valence-corrected chi connectivity index (χ0v) is 17.2.